The average molecular weight is 592 g/mol. The van der Waals surface area contributed by atoms with Crippen molar-refractivity contribution in [3.63, 3.8) is 0 Å². The summed E-state index contributed by atoms with van der Waals surface area (Å²) >= 11 is 0. The molecule has 1 N–H and O–H groups in total. The van der Waals surface area contributed by atoms with Crippen molar-refractivity contribution in [3.8, 4) is 23.6 Å². The summed E-state index contributed by atoms with van der Waals surface area (Å²) < 4.78 is 23.7. The fourth-order valence-electron chi connectivity index (χ4n) is 7.82. The minimum absolute atomic E-state index is 0.223. The van der Waals surface area contributed by atoms with Crippen molar-refractivity contribution < 1.29 is 23.8 Å². The first kappa shape index (κ1) is 32.0. The molecule has 0 saturated heterocycles. The van der Waals surface area contributed by atoms with Gasteiger partial charge in [0.15, 0.2) is 0 Å². The van der Waals surface area contributed by atoms with Crippen LogP contribution in [0.4, 0.5) is 4.53 Å². The Morgan fingerprint density at radius 2 is 1.69 bits per heavy atom. The normalized spacial score (nSPS) is 15.6. The molecule has 0 amide bonds. The lowest BCUT2D eigenvalue weighted by molar-refractivity contribution is -0.254. The molecule has 0 spiro atoms. The fourth-order valence-corrected chi connectivity index (χ4v) is 13.2. The number of carbonyl (C=O) groups is 1. The minimum atomic E-state index is -2.52. The van der Waals surface area contributed by atoms with E-state index in [0.29, 0.717) is 5.56 Å². The van der Waals surface area contributed by atoms with Gasteiger partial charge in [-0.25, -0.2) is 4.79 Å². The van der Waals surface area contributed by atoms with Gasteiger partial charge in [0.25, 0.3) is 0 Å². The predicted molar refractivity (Wildman–Crippen MR) is 171 cm³/mol. The number of halogens is 1. The first-order valence-corrected chi connectivity index (χ1v) is 17.5. The van der Waals surface area contributed by atoms with E-state index >= 15 is 0 Å². The number of rotatable bonds is 11. The molecule has 7 heteroatoms. The number of terminal acetylenes is 1. The van der Waals surface area contributed by atoms with E-state index in [1.165, 1.54) is 12.0 Å². The summed E-state index contributed by atoms with van der Waals surface area (Å²) in [7, 11) is -2.52. The number of carboxylic acids is 1. The molecule has 3 aromatic rings. The van der Waals surface area contributed by atoms with Crippen molar-refractivity contribution in [2.45, 2.75) is 116 Å². The van der Waals surface area contributed by atoms with Gasteiger partial charge >= 0.3 is 5.97 Å². The number of hydrogen-bond donors (Lipinski definition) is 1. The maximum absolute atomic E-state index is 14.8. The van der Waals surface area contributed by atoms with Crippen LogP contribution in [-0.4, -0.2) is 24.0 Å². The van der Waals surface area contributed by atoms with Gasteiger partial charge in [-0.2, -0.15) is 4.94 Å². The first-order valence-electron chi connectivity index (χ1n) is 15.4. The van der Waals surface area contributed by atoms with Gasteiger partial charge in [-0.1, -0.05) is 91.0 Å². The topological polar surface area (TPSA) is 60.7 Å². The molecule has 0 bridgehead atoms. The minimum Gasteiger partial charge on any atom is -0.478 e. The van der Waals surface area contributed by atoms with Gasteiger partial charge in [-0.3, -0.25) is 0 Å². The van der Waals surface area contributed by atoms with E-state index < -0.39 is 20.6 Å². The zero-order valence-electron chi connectivity index (χ0n) is 26.2. The standard InChI is InChI=1S/C35H46FNO4Si/c1-9-19-37-30-21-27(34(38)39)20-25(8)31(30)32(26-15-11-10-12-16-26)33(37)28-17-13-14-18-29(28)35(40-36)41-42(22(2)3,23(4)5)24(6)7/h1,13-14,17-18,20-24,26,35H,10-12,15-16,19H2,2-8H3,(H,38,39). The van der Waals surface area contributed by atoms with Crippen molar-refractivity contribution in [2.75, 3.05) is 0 Å². The smallest absolute Gasteiger partial charge is 0.335 e. The molecule has 1 fully saturated rings. The van der Waals surface area contributed by atoms with Crippen LogP contribution >= 0.6 is 0 Å². The zero-order valence-corrected chi connectivity index (χ0v) is 27.2. The molecule has 1 heterocycles. The quantitative estimate of drug-likeness (QED) is 0.137. The number of hydrogen-bond acceptors (Lipinski definition) is 3. The highest BCUT2D eigenvalue weighted by Crippen LogP contribution is 2.49. The summed E-state index contributed by atoms with van der Waals surface area (Å²) in [5.41, 5.74) is 6.15. The molecule has 1 aliphatic carbocycles. The largest absolute Gasteiger partial charge is 0.478 e. The maximum atomic E-state index is 14.8. The highest BCUT2D eigenvalue weighted by molar-refractivity contribution is 6.77. The van der Waals surface area contributed by atoms with Crippen LogP contribution in [0.15, 0.2) is 36.4 Å². The Balaban J connectivity index is 2.05. The van der Waals surface area contributed by atoms with Gasteiger partial charge in [0.2, 0.25) is 14.6 Å². The Labute approximate surface area is 251 Å². The third kappa shape index (κ3) is 5.69. The highest BCUT2D eigenvalue weighted by atomic mass is 28.4. The lowest BCUT2D eigenvalue weighted by atomic mass is 9.80. The van der Waals surface area contributed by atoms with Crippen LogP contribution in [0.25, 0.3) is 22.2 Å². The van der Waals surface area contributed by atoms with Crippen LogP contribution in [0.1, 0.15) is 113 Å². The summed E-state index contributed by atoms with van der Waals surface area (Å²) in [6.07, 6.45) is 10.3. The molecule has 42 heavy (non-hydrogen) atoms. The van der Waals surface area contributed by atoms with Gasteiger partial charge in [0.1, 0.15) is 0 Å². The van der Waals surface area contributed by atoms with Crippen molar-refractivity contribution in [1.82, 2.24) is 4.57 Å². The van der Waals surface area contributed by atoms with Gasteiger partial charge in [0, 0.05) is 16.5 Å². The van der Waals surface area contributed by atoms with Crippen LogP contribution in [0, 0.1) is 19.3 Å². The van der Waals surface area contributed by atoms with Gasteiger partial charge in [-0.05, 0) is 70.1 Å². The Hall–Kier alpha value is -2.92. The fraction of sp³-hybridized carbons (Fsp3) is 0.514. The zero-order chi connectivity index (χ0) is 30.8. The molecule has 0 aliphatic heterocycles. The second-order valence-corrected chi connectivity index (χ2v) is 18.2. The van der Waals surface area contributed by atoms with E-state index in [1.807, 2.05) is 35.8 Å². The van der Waals surface area contributed by atoms with E-state index in [-0.39, 0.29) is 34.6 Å². The van der Waals surface area contributed by atoms with Crippen molar-refractivity contribution in [3.05, 3.63) is 58.7 Å². The average Bonchev–Trinajstić information content (AvgIpc) is 3.28. The van der Waals surface area contributed by atoms with E-state index in [4.69, 9.17) is 15.8 Å². The molecule has 226 valence electrons. The van der Waals surface area contributed by atoms with Crippen molar-refractivity contribution >= 4 is 25.2 Å². The SMILES string of the molecule is C#CCn1c(-c2ccccc2C(OF)O[Si](C(C)C)(C(C)C)C(C)C)c(C2CCCCC2)c2c(C)cc(C(=O)O)cc21. The molecule has 4 rings (SSSR count). The Bertz CT molecular complexity index is 1440. The number of aromatic nitrogens is 1. The molecule has 0 radical (unpaired) electrons. The second-order valence-electron chi connectivity index (χ2n) is 12.8. The van der Waals surface area contributed by atoms with Gasteiger partial charge < -0.3 is 14.1 Å². The molecule has 1 atom stereocenters. The van der Waals surface area contributed by atoms with Crippen molar-refractivity contribution in [1.29, 1.82) is 0 Å². The second kappa shape index (κ2) is 13.2. The number of aryl methyl sites for hydroxylation is 1. The number of nitrogens with zero attached hydrogens (tertiary/aromatic N) is 1. The van der Waals surface area contributed by atoms with Crippen LogP contribution in [0.5, 0.6) is 0 Å². The number of benzene rings is 2. The molecular weight excluding hydrogens is 545 g/mol. The number of aromatic carboxylic acids is 1. The van der Waals surface area contributed by atoms with E-state index in [0.717, 1.165) is 53.4 Å². The molecule has 5 nitrogen and oxygen atoms in total. The molecule has 1 aromatic heterocycles. The van der Waals surface area contributed by atoms with Crippen LogP contribution < -0.4 is 0 Å². The van der Waals surface area contributed by atoms with Crippen molar-refractivity contribution in [2.24, 2.45) is 0 Å². The van der Waals surface area contributed by atoms with Crippen LogP contribution in [0.2, 0.25) is 16.6 Å². The van der Waals surface area contributed by atoms with Crippen LogP contribution in [-0.2, 0) is 15.9 Å². The number of fused-ring (bicyclic) bond motifs is 1. The molecule has 1 aliphatic rings. The molecule has 2 aromatic carbocycles. The molecule has 1 saturated carbocycles. The van der Waals surface area contributed by atoms with Gasteiger partial charge in [0.05, 0.1) is 23.3 Å². The lowest BCUT2D eigenvalue weighted by Crippen LogP contribution is -2.48. The van der Waals surface area contributed by atoms with E-state index in [1.54, 1.807) is 12.1 Å². The Morgan fingerprint density at radius 3 is 2.24 bits per heavy atom. The first-order chi connectivity index (χ1) is 20.0. The summed E-state index contributed by atoms with van der Waals surface area (Å²) in [6.45, 7) is 15.2. The summed E-state index contributed by atoms with van der Waals surface area (Å²) in [5, 5.41) is 10.9. The monoisotopic (exact) mass is 591 g/mol. The maximum Gasteiger partial charge on any atom is 0.335 e. The third-order valence-corrected chi connectivity index (χ3v) is 15.5. The summed E-state index contributed by atoms with van der Waals surface area (Å²) in [6, 6.07) is 11.2. The molecular formula is C35H46FNO4Si. The number of carboxylic acid groups (broad SMARTS) is 1. The van der Waals surface area contributed by atoms with E-state index in [2.05, 4.69) is 47.5 Å². The summed E-state index contributed by atoms with van der Waals surface area (Å²) in [5.74, 6) is 2.10. The highest BCUT2D eigenvalue weighted by Gasteiger charge is 2.48. The Kier molecular flexibility index (Phi) is 10.0. The van der Waals surface area contributed by atoms with E-state index in [9.17, 15) is 14.4 Å². The van der Waals surface area contributed by atoms with Crippen LogP contribution in [0.3, 0.4) is 0 Å². The lowest BCUT2D eigenvalue weighted by Gasteiger charge is -2.43. The van der Waals surface area contributed by atoms with Gasteiger partial charge in [-0.15, -0.1) is 6.42 Å². The Morgan fingerprint density at radius 1 is 1.07 bits per heavy atom. The molecule has 1 unspecified atom stereocenters. The predicted octanol–water partition coefficient (Wildman–Crippen LogP) is 10.1. The third-order valence-electron chi connectivity index (χ3n) is 9.48. The summed E-state index contributed by atoms with van der Waals surface area (Å²) in [4.78, 5) is 16.8.